The maximum Gasteiger partial charge on any atom is 0.230 e. The molecule has 11 heteroatoms. The number of aromatic nitrogens is 3. The van der Waals surface area contributed by atoms with Gasteiger partial charge >= 0.3 is 0 Å². The van der Waals surface area contributed by atoms with Gasteiger partial charge in [-0.15, -0.1) is 0 Å². The largest absolute Gasteiger partial charge is 0.377 e. The SMILES string of the molecule is C=Cc1ccc(-c2nc(N3CCOCCOCCOCC3)nc(N3CCOCCOCCOCC3)n2)cc1. The lowest BCUT2D eigenvalue weighted by Crippen LogP contribution is -2.36. The van der Waals surface area contributed by atoms with Crippen LogP contribution < -0.4 is 9.80 Å². The van der Waals surface area contributed by atoms with Crippen molar-refractivity contribution in [3.05, 3.63) is 36.4 Å². The van der Waals surface area contributed by atoms with E-state index in [1.807, 2.05) is 30.3 Å². The minimum absolute atomic E-state index is 0.529. The van der Waals surface area contributed by atoms with E-state index in [-0.39, 0.29) is 0 Å². The van der Waals surface area contributed by atoms with E-state index in [9.17, 15) is 0 Å². The third-order valence-electron chi connectivity index (χ3n) is 6.09. The van der Waals surface area contributed by atoms with Crippen molar-refractivity contribution >= 4 is 18.0 Å². The van der Waals surface area contributed by atoms with Crippen LogP contribution in [0.3, 0.4) is 0 Å². The van der Waals surface area contributed by atoms with E-state index in [4.69, 9.17) is 43.4 Å². The summed E-state index contributed by atoms with van der Waals surface area (Å²) in [5.41, 5.74) is 1.93. The van der Waals surface area contributed by atoms with Crippen molar-refractivity contribution in [3.63, 3.8) is 0 Å². The third-order valence-corrected chi connectivity index (χ3v) is 6.09. The van der Waals surface area contributed by atoms with Crippen molar-refractivity contribution in [1.82, 2.24) is 15.0 Å². The fourth-order valence-electron chi connectivity index (χ4n) is 3.94. The van der Waals surface area contributed by atoms with Gasteiger partial charge in [0, 0.05) is 31.7 Å². The molecule has 0 bridgehead atoms. The molecule has 0 radical (unpaired) electrons. The van der Waals surface area contributed by atoms with Gasteiger partial charge in [-0.3, -0.25) is 0 Å². The molecule has 0 amide bonds. The molecule has 2 aromatic rings. The fourth-order valence-corrected chi connectivity index (χ4v) is 3.94. The second-order valence-electron chi connectivity index (χ2n) is 8.73. The maximum atomic E-state index is 5.78. The third kappa shape index (κ3) is 9.26. The summed E-state index contributed by atoms with van der Waals surface area (Å²) in [4.78, 5) is 18.9. The van der Waals surface area contributed by atoms with E-state index < -0.39 is 0 Å². The van der Waals surface area contributed by atoms with Crippen LogP contribution >= 0.6 is 0 Å². The maximum absolute atomic E-state index is 5.78. The number of hydrogen-bond donors (Lipinski definition) is 0. The zero-order chi connectivity index (χ0) is 26.3. The van der Waals surface area contributed by atoms with E-state index >= 15 is 0 Å². The molecule has 0 spiro atoms. The number of rotatable bonds is 4. The molecule has 0 atom stereocenters. The van der Waals surface area contributed by atoms with Gasteiger partial charge in [0.25, 0.3) is 0 Å². The average Bonchev–Trinajstić information content (AvgIpc) is 2.93. The molecule has 208 valence electrons. The van der Waals surface area contributed by atoms with Gasteiger partial charge in [0.05, 0.1) is 79.3 Å². The van der Waals surface area contributed by atoms with Crippen molar-refractivity contribution in [3.8, 4) is 11.4 Å². The summed E-state index contributed by atoms with van der Waals surface area (Å²) in [5, 5.41) is 0. The van der Waals surface area contributed by atoms with Gasteiger partial charge in [0.2, 0.25) is 11.9 Å². The first kappa shape index (κ1) is 28.3. The van der Waals surface area contributed by atoms with Crippen molar-refractivity contribution in [2.75, 3.05) is 115 Å². The van der Waals surface area contributed by atoms with Gasteiger partial charge in [-0.25, -0.2) is 0 Å². The molecular weight excluding hydrogens is 490 g/mol. The van der Waals surface area contributed by atoms with E-state index in [1.54, 1.807) is 0 Å². The molecule has 1 aromatic heterocycles. The highest BCUT2D eigenvalue weighted by molar-refractivity contribution is 5.61. The summed E-state index contributed by atoms with van der Waals surface area (Å²) >= 11 is 0. The lowest BCUT2D eigenvalue weighted by Gasteiger charge is -2.27. The van der Waals surface area contributed by atoms with Gasteiger partial charge in [0.15, 0.2) is 5.82 Å². The molecule has 1 aromatic carbocycles. The molecule has 2 aliphatic rings. The van der Waals surface area contributed by atoms with Crippen molar-refractivity contribution in [2.45, 2.75) is 0 Å². The first-order chi connectivity index (χ1) is 18.8. The van der Waals surface area contributed by atoms with Crippen LogP contribution in [0.15, 0.2) is 30.8 Å². The molecule has 0 aliphatic carbocycles. The Hall–Kier alpha value is -2.67. The quantitative estimate of drug-likeness (QED) is 0.581. The average molecular weight is 530 g/mol. The van der Waals surface area contributed by atoms with Gasteiger partial charge in [-0.2, -0.15) is 15.0 Å². The Bertz CT molecular complexity index is 891. The standard InChI is InChI=1S/C27H39N5O6/c1-2-23-3-5-24(6-4-23)25-28-26(31-7-11-33-15-19-37-20-16-34-12-8-31)30-27(29-25)32-9-13-35-17-21-38-22-18-36-14-10-32/h2-6H,1,7-22H2. The predicted molar refractivity (Wildman–Crippen MR) is 145 cm³/mol. The Morgan fingerprint density at radius 1 is 0.526 bits per heavy atom. The number of anilines is 2. The number of nitrogens with zero attached hydrogens (tertiary/aromatic N) is 5. The number of ether oxygens (including phenoxy) is 6. The van der Waals surface area contributed by atoms with Crippen molar-refractivity contribution < 1.29 is 28.4 Å². The molecule has 38 heavy (non-hydrogen) atoms. The molecular formula is C27H39N5O6. The van der Waals surface area contributed by atoms with Crippen LogP contribution in [-0.4, -0.2) is 120 Å². The van der Waals surface area contributed by atoms with E-state index in [0.29, 0.717) is 123 Å². The minimum atomic E-state index is 0.529. The first-order valence-corrected chi connectivity index (χ1v) is 13.3. The second kappa shape index (κ2) is 16.3. The van der Waals surface area contributed by atoms with Crippen LogP contribution in [-0.2, 0) is 28.4 Å². The number of benzene rings is 1. The Balaban J connectivity index is 1.63. The Labute approximate surface area is 224 Å². The highest BCUT2D eigenvalue weighted by atomic mass is 16.5. The molecule has 3 heterocycles. The summed E-state index contributed by atoms with van der Waals surface area (Å²) in [7, 11) is 0. The van der Waals surface area contributed by atoms with Crippen LogP contribution in [0.2, 0.25) is 0 Å². The summed E-state index contributed by atoms with van der Waals surface area (Å²) in [6.07, 6.45) is 1.82. The summed E-state index contributed by atoms with van der Waals surface area (Å²) in [6, 6.07) is 8.02. The molecule has 4 rings (SSSR count). The molecule has 11 nitrogen and oxygen atoms in total. The van der Waals surface area contributed by atoms with Crippen LogP contribution in [0.25, 0.3) is 17.5 Å². The Kier molecular flexibility index (Phi) is 12.2. The van der Waals surface area contributed by atoms with E-state index in [2.05, 4.69) is 16.4 Å². The van der Waals surface area contributed by atoms with Crippen LogP contribution in [0, 0.1) is 0 Å². The van der Waals surface area contributed by atoms with Gasteiger partial charge in [0.1, 0.15) is 0 Å². The second-order valence-corrected chi connectivity index (χ2v) is 8.73. The summed E-state index contributed by atoms with van der Waals surface area (Å²) in [6.45, 7) is 12.8. The highest BCUT2D eigenvalue weighted by Crippen LogP contribution is 2.22. The normalized spacial score (nSPS) is 19.9. The molecule has 2 aliphatic heterocycles. The van der Waals surface area contributed by atoms with Crippen molar-refractivity contribution in [1.29, 1.82) is 0 Å². The molecule has 2 fully saturated rings. The van der Waals surface area contributed by atoms with Gasteiger partial charge < -0.3 is 38.2 Å². The highest BCUT2D eigenvalue weighted by Gasteiger charge is 2.19. The zero-order valence-corrected chi connectivity index (χ0v) is 22.1. The molecule has 2 saturated heterocycles. The predicted octanol–water partition coefficient (Wildman–Crippen LogP) is 1.92. The lowest BCUT2D eigenvalue weighted by molar-refractivity contribution is 0.0123. The molecule has 0 N–H and O–H groups in total. The van der Waals surface area contributed by atoms with Crippen LogP contribution in [0.5, 0.6) is 0 Å². The van der Waals surface area contributed by atoms with Crippen molar-refractivity contribution in [2.24, 2.45) is 0 Å². The molecule has 0 unspecified atom stereocenters. The summed E-state index contributed by atoms with van der Waals surface area (Å²) < 4.78 is 34.1. The topological polar surface area (TPSA) is 101 Å². The Morgan fingerprint density at radius 2 is 0.895 bits per heavy atom. The zero-order valence-electron chi connectivity index (χ0n) is 22.1. The van der Waals surface area contributed by atoms with Gasteiger partial charge in [-0.1, -0.05) is 36.9 Å². The Morgan fingerprint density at radius 3 is 1.26 bits per heavy atom. The lowest BCUT2D eigenvalue weighted by atomic mass is 10.1. The summed E-state index contributed by atoms with van der Waals surface area (Å²) in [5.74, 6) is 1.77. The monoisotopic (exact) mass is 529 g/mol. The minimum Gasteiger partial charge on any atom is -0.377 e. The smallest absolute Gasteiger partial charge is 0.230 e. The van der Waals surface area contributed by atoms with E-state index in [0.717, 1.165) is 11.1 Å². The fraction of sp³-hybridized carbons (Fsp3) is 0.593. The van der Waals surface area contributed by atoms with Crippen LogP contribution in [0.1, 0.15) is 5.56 Å². The number of hydrogen-bond acceptors (Lipinski definition) is 11. The first-order valence-electron chi connectivity index (χ1n) is 13.3. The molecule has 0 saturated carbocycles. The van der Waals surface area contributed by atoms with E-state index in [1.165, 1.54) is 0 Å². The van der Waals surface area contributed by atoms with Crippen LogP contribution in [0.4, 0.5) is 11.9 Å². The van der Waals surface area contributed by atoms with Gasteiger partial charge in [-0.05, 0) is 5.56 Å².